The molecule has 1 aromatic rings. The molecule has 1 aromatic carbocycles. The second-order valence-electron chi connectivity index (χ2n) is 4.60. The van der Waals surface area contributed by atoms with Crippen molar-refractivity contribution in [3.05, 3.63) is 35.9 Å². The fourth-order valence-electron chi connectivity index (χ4n) is 1.67. The van der Waals surface area contributed by atoms with E-state index in [1.807, 2.05) is 30.3 Å². The highest BCUT2D eigenvalue weighted by atomic mass is 19.4. The summed E-state index contributed by atoms with van der Waals surface area (Å²) >= 11 is 0. The monoisotopic (exact) mass is 231 g/mol. The third-order valence-electron chi connectivity index (χ3n) is 2.71. The summed E-state index contributed by atoms with van der Waals surface area (Å²) in [7, 11) is 0. The van der Waals surface area contributed by atoms with E-state index in [9.17, 15) is 13.2 Å². The first-order valence-electron chi connectivity index (χ1n) is 5.11. The quantitative estimate of drug-likeness (QED) is 0.849. The van der Waals surface area contributed by atoms with E-state index in [2.05, 4.69) is 0 Å². The first-order chi connectivity index (χ1) is 7.23. The van der Waals surface area contributed by atoms with Crippen molar-refractivity contribution < 1.29 is 13.2 Å². The molecule has 4 heteroatoms. The van der Waals surface area contributed by atoms with Crippen LogP contribution in [0.1, 0.15) is 25.8 Å². The summed E-state index contributed by atoms with van der Waals surface area (Å²) in [5, 5.41) is 0. The molecule has 2 N–H and O–H groups in total. The molecule has 0 aliphatic rings. The number of hydrogen-bond donors (Lipinski definition) is 1. The van der Waals surface area contributed by atoms with Crippen molar-refractivity contribution in [1.82, 2.24) is 0 Å². The van der Waals surface area contributed by atoms with Crippen molar-refractivity contribution >= 4 is 0 Å². The first kappa shape index (κ1) is 13.0. The maximum Gasteiger partial charge on any atom is 0.403 e. The molecule has 1 atom stereocenters. The van der Waals surface area contributed by atoms with Gasteiger partial charge in [-0.25, -0.2) is 0 Å². The molecule has 0 radical (unpaired) electrons. The van der Waals surface area contributed by atoms with Gasteiger partial charge in [0.15, 0.2) is 0 Å². The third kappa shape index (κ3) is 3.23. The van der Waals surface area contributed by atoms with Crippen LogP contribution in [0.2, 0.25) is 0 Å². The maximum absolute atomic E-state index is 12.4. The van der Waals surface area contributed by atoms with Crippen LogP contribution in [0.5, 0.6) is 0 Å². The average molecular weight is 231 g/mol. The van der Waals surface area contributed by atoms with Gasteiger partial charge in [0.2, 0.25) is 0 Å². The Kier molecular flexibility index (Phi) is 3.63. The third-order valence-corrected chi connectivity index (χ3v) is 2.71. The maximum atomic E-state index is 12.4. The van der Waals surface area contributed by atoms with Gasteiger partial charge in [-0.1, -0.05) is 44.2 Å². The van der Waals surface area contributed by atoms with Gasteiger partial charge in [0.05, 0.1) is 0 Å². The molecule has 0 aliphatic heterocycles. The lowest BCUT2D eigenvalue weighted by atomic mass is 9.79. The van der Waals surface area contributed by atoms with Crippen LogP contribution in [0.15, 0.2) is 30.3 Å². The predicted molar refractivity (Wildman–Crippen MR) is 58.1 cm³/mol. The summed E-state index contributed by atoms with van der Waals surface area (Å²) in [5.74, 6) is 0. The van der Waals surface area contributed by atoms with Crippen LogP contribution >= 0.6 is 0 Å². The molecule has 1 unspecified atom stereocenters. The summed E-state index contributed by atoms with van der Waals surface area (Å²) in [6, 6.07) is 7.34. The zero-order valence-corrected chi connectivity index (χ0v) is 9.38. The molecule has 0 bridgehead atoms. The van der Waals surface area contributed by atoms with Gasteiger partial charge in [0.1, 0.15) is 6.04 Å². The summed E-state index contributed by atoms with van der Waals surface area (Å²) in [5.41, 5.74) is 5.45. The van der Waals surface area contributed by atoms with E-state index in [0.717, 1.165) is 5.56 Å². The highest BCUT2D eigenvalue weighted by Gasteiger charge is 2.40. The van der Waals surface area contributed by atoms with Crippen molar-refractivity contribution in [1.29, 1.82) is 0 Å². The highest BCUT2D eigenvalue weighted by Crippen LogP contribution is 2.32. The molecule has 1 rings (SSSR count). The van der Waals surface area contributed by atoms with Crippen LogP contribution in [0.4, 0.5) is 13.2 Å². The van der Waals surface area contributed by atoms with Crippen molar-refractivity contribution in [3.63, 3.8) is 0 Å². The number of hydrogen-bond acceptors (Lipinski definition) is 1. The molecule has 0 saturated carbocycles. The molecular weight excluding hydrogens is 215 g/mol. The number of halogens is 3. The minimum atomic E-state index is -4.33. The lowest BCUT2D eigenvalue weighted by Crippen LogP contribution is -2.42. The lowest BCUT2D eigenvalue weighted by Gasteiger charge is -2.29. The largest absolute Gasteiger partial charge is 0.403 e. The van der Waals surface area contributed by atoms with E-state index in [0.29, 0.717) is 0 Å². The van der Waals surface area contributed by atoms with E-state index >= 15 is 0 Å². The van der Waals surface area contributed by atoms with Crippen LogP contribution in [-0.2, 0) is 5.41 Å². The van der Waals surface area contributed by atoms with Crippen LogP contribution in [0.3, 0.4) is 0 Å². The smallest absolute Gasteiger partial charge is 0.320 e. The summed E-state index contributed by atoms with van der Waals surface area (Å²) < 4.78 is 37.1. The fraction of sp³-hybridized carbons (Fsp3) is 0.500. The Balaban J connectivity index is 2.80. The average Bonchev–Trinajstić information content (AvgIpc) is 2.17. The number of benzene rings is 1. The van der Waals surface area contributed by atoms with Crippen molar-refractivity contribution in [2.45, 2.75) is 37.9 Å². The Bertz CT molecular complexity index is 330. The molecule has 0 aromatic heterocycles. The van der Waals surface area contributed by atoms with Gasteiger partial charge >= 0.3 is 6.18 Å². The summed E-state index contributed by atoms with van der Waals surface area (Å²) in [4.78, 5) is 0. The van der Waals surface area contributed by atoms with Gasteiger partial charge in [-0.3, -0.25) is 0 Å². The minimum absolute atomic E-state index is 0.111. The fourth-order valence-corrected chi connectivity index (χ4v) is 1.67. The Hall–Kier alpha value is -1.03. The Morgan fingerprint density at radius 3 is 2.06 bits per heavy atom. The van der Waals surface area contributed by atoms with E-state index in [1.54, 1.807) is 13.8 Å². The van der Waals surface area contributed by atoms with Crippen molar-refractivity contribution in [2.24, 2.45) is 5.73 Å². The van der Waals surface area contributed by atoms with E-state index < -0.39 is 17.6 Å². The molecule has 0 spiro atoms. The van der Waals surface area contributed by atoms with Gasteiger partial charge in [-0.2, -0.15) is 13.2 Å². The van der Waals surface area contributed by atoms with Gasteiger partial charge in [-0.05, 0) is 17.4 Å². The SMILES string of the molecule is CC(C)(CC(N)C(F)(F)F)c1ccccc1. The van der Waals surface area contributed by atoms with Crippen LogP contribution in [0, 0.1) is 0 Å². The topological polar surface area (TPSA) is 26.0 Å². The Morgan fingerprint density at radius 1 is 1.12 bits per heavy atom. The Labute approximate surface area is 93.5 Å². The normalized spacial score (nSPS) is 14.9. The van der Waals surface area contributed by atoms with E-state index in [-0.39, 0.29) is 6.42 Å². The van der Waals surface area contributed by atoms with Crippen molar-refractivity contribution in [3.8, 4) is 0 Å². The van der Waals surface area contributed by atoms with Crippen LogP contribution in [-0.4, -0.2) is 12.2 Å². The van der Waals surface area contributed by atoms with Crippen LogP contribution < -0.4 is 5.73 Å². The number of alkyl halides is 3. The summed E-state index contributed by atoms with van der Waals surface area (Å²) in [6.07, 6.45) is -4.44. The van der Waals surface area contributed by atoms with Gasteiger partial charge in [0, 0.05) is 0 Å². The minimum Gasteiger partial charge on any atom is -0.320 e. The first-order valence-corrected chi connectivity index (χ1v) is 5.11. The molecule has 16 heavy (non-hydrogen) atoms. The lowest BCUT2D eigenvalue weighted by molar-refractivity contribution is -0.151. The van der Waals surface area contributed by atoms with E-state index in [4.69, 9.17) is 5.73 Å². The zero-order chi connectivity index (χ0) is 12.4. The van der Waals surface area contributed by atoms with Crippen molar-refractivity contribution in [2.75, 3.05) is 0 Å². The summed E-state index contributed by atoms with van der Waals surface area (Å²) in [6.45, 7) is 3.54. The molecule has 0 aliphatic carbocycles. The molecular formula is C12H16F3N. The molecule has 0 saturated heterocycles. The molecule has 0 fully saturated rings. The van der Waals surface area contributed by atoms with Gasteiger partial charge in [-0.15, -0.1) is 0 Å². The number of nitrogens with two attached hydrogens (primary N) is 1. The standard InChI is InChI=1S/C12H16F3N/c1-11(2,8-10(16)12(13,14)15)9-6-4-3-5-7-9/h3-7,10H,8,16H2,1-2H3. The second-order valence-corrected chi connectivity index (χ2v) is 4.60. The predicted octanol–water partition coefficient (Wildman–Crippen LogP) is 3.24. The number of rotatable bonds is 3. The van der Waals surface area contributed by atoms with E-state index in [1.165, 1.54) is 0 Å². The molecule has 0 heterocycles. The second kappa shape index (κ2) is 4.45. The molecule has 1 nitrogen and oxygen atoms in total. The Morgan fingerprint density at radius 2 is 1.62 bits per heavy atom. The highest BCUT2D eigenvalue weighted by molar-refractivity contribution is 5.23. The van der Waals surface area contributed by atoms with Crippen LogP contribution in [0.25, 0.3) is 0 Å². The molecule has 90 valence electrons. The molecule has 0 amide bonds. The van der Waals surface area contributed by atoms with Gasteiger partial charge < -0.3 is 5.73 Å². The van der Waals surface area contributed by atoms with Gasteiger partial charge in [0.25, 0.3) is 0 Å². The zero-order valence-electron chi connectivity index (χ0n) is 9.38.